The Balaban J connectivity index is 1.23. The Bertz CT molecular complexity index is 1440. The number of ether oxygens (including phenoxy) is 4. The first kappa shape index (κ1) is 51.2. The number of rotatable bonds is 24. The first-order chi connectivity index (χ1) is 26.8. The summed E-state index contributed by atoms with van der Waals surface area (Å²) in [5.74, 6) is 5.89. The van der Waals surface area contributed by atoms with E-state index in [0.29, 0.717) is 28.6 Å². The van der Waals surface area contributed by atoms with Crippen molar-refractivity contribution >= 4 is 58.6 Å². The lowest BCUT2D eigenvalue weighted by molar-refractivity contribution is -0.0444. The molecule has 6 unspecified atom stereocenters. The van der Waals surface area contributed by atoms with E-state index in [1.54, 1.807) is 19.8 Å². The molecule has 0 heterocycles. The number of hydrogen-bond donors (Lipinski definition) is 3. The summed E-state index contributed by atoms with van der Waals surface area (Å²) < 4.78 is 23.2. The molecule has 1 aromatic rings. The number of aryl methyl sites for hydroxylation is 1. The molecule has 1 aromatic carbocycles. The van der Waals surface area contributed by atoms with Crippen molar-refractivity contribution in [1.82, 2.24) is 5.32 Å². The van der Waals surface area contributed by atoms with E-state index in [0.717, 1.165) is 68.1 Å². The van der Waals surface area contributed by atoms with Gasteiger partial charge in [0.1, 0.15) is 14.8 Å². The molecule has 3 aliphatic rings. The molecule has 2 fully saturated rings. The number of thiol groups is 2. The minimum atomic E-state index is -0.496. The monoisotopic (exact) mass is 900 g/mol. The van der Waals surface area contributed by atoms with E-state index in [-0.39, 0.29) is 27.4 Å². The third-order valence-corrected chi connectivity index (χ3v) is 21.3. The van der Waals surface area contributed by atoms with Crippen molar-refractivity contribution in [3.8, 4) is 5.75 Å². The van der Waals surface area contributed by atoms with Crippen LogP contribution < -0.4 is 10.1 Å². The maximum atomic E-state index is 6.79. The van der Waals surface area contributed by atoms with Gasteiger partial charge in [0.2, 0.25) is 0 Å². The lowest BCUT2D eigenvalue weighted by Crippen LogP contribution is -2.48. The number of methoxy groups -OCH3 is 3. The summed E-state index contributed by atoms with van der Waals surface area (Å²) in [5.41, 5.74) is 3.39. The molecule has 0 radical (unpaired) electrons. The van der Waals surface area contributed by atoms with E-state index < -0.39 is 3.41 Å². The van der Waals surface area contributed by atoms with E-state index in [9.17, 15) is 0 Å². The summed E-state index contributed by atoms with van der Waals surface area (Å²) in [5, 5.41) is 4.31. The lowest BCUT2D eigenvalue weighted by atomic mass is 9.55. The van der Waals surface area contributed by atoms with Crippen LogP contribution in [-0.2, 0) is 20.6 Å². The molecule has 0 bridgehead atoms. The molecule has 3 aliphatic carbocycles. The second-order valence-corrected chi connectivity index (χ2v) is 28.5. The van der Waals surface area contributed by atoms with Gasteiger partial charge in [0.05, 0.1) is 24.6 Å². The lowest BCUT2D eigenvalue weighted by Gasteiger charge is -2.50. The molecular weight excluding hydrogens is 815 g/mol. The van der Waals surface area contributed by atoms with Gasteiger partial charge in [-0.3, -0.25) is 0 Å². The minimum Gasteiger partial charge on any atom is -0.488 e. The van der Waals surface area contributed by atoms with E-state index in [2.05, 4.69) is 107 Å². The summed E-state index contributed by atoms with van der Waals surface area (Å²) >= 11 is 12.4. The van der Waals surface area contributed by atoms with Crippen LogP contribution in [0.2, 0.25) is 0 Å². The molecule has 336 valence electrons. The van der Waals surface area contributed by atoms with E-state index in [1.807, 2.05) is 40.5 Å². The van der Waals surface area contributed by atoms with E-state index >= 15 is 0 Å². The van der Waals surface area contributed by atoms with Gasteiger partial charge < -0.3 is 24.3 Å². The average molecular weight is 901 g/mol. The molecule has 6 atom stereocenters. The molecule has 0 aliphatic heterocycles. The predicted molar refractivity (Wildman–Crippen MR) is 264 cm³/mol. The zero-order valence-corrected chi connectivity index (χ0v) is 43.6. The quantitative estimate of drug-likeness (QED) is 0.0539. The predicted octanol–water partition coefficient (Wildman–Crippen LogP) is 13.3. The first-order valence-corrected chi connectivity index (χ1v) is 26.5. The van der Waals surface area contributed by atoms with Crippen molar-refractivity contribution in [3.63, 3.8) is 0 Å². The van der Waals surface area contributed by atoms with Crippen molar-refractivity contribution in [2.45, 2.75) is 173 Å². The number of thioether (sulfide) groups is 1. The largest absolute Gasteiger partial charge is 0.488 e. The standard InChI is InChI=1S/C48H85NO4S5/c1-33(25-46(10,11)53-35-17-19-37-34(24-35)16-18-39-38(37)22-23-47(12)40(39)20-21-41(47)52-15)26-49-45(8,9)30-44(6,7)48(54,55)58-57-32-43(4,5)29-42(2,3)31-56-36(27-50-13)28-51-14/h17,19,24,33,36,38-41,49,54-55H,16,18,20-23,25-32H2,1-15H3. The van der Waals surface area contributed by atoms with Crippen LogP contribution in [-0.4, -0.2) is 78.5 Å². The molecule has 0 spiro atoms. The average Bonchev–Trinajstić information content (AvgIpc) is 3.44. The second kappa shape index (κ2) is 20.6. The first-order valence-electron chi connectivity index (χ1n) is 22.2. The van der Waals surface area contributed by atoms with Crippen molar-refractivity contribution in [1.29, 1.82) is 0 Å². The van der Waals surface area contributed by atoms with Gasteiger partial charge in [-0.25, -0.2) is 0 Å². The van der Waals surface area contributed by atoms with Crippen molar-refractivity contribution in [2.24, 2.45) is 39.4 Å². The summed E-state index contributed by atoms with van der Waals surface area (Å²) in [4.78, 5) is 0. The highest BCUT2D eigenvalue weighted by atomic mass is 33.1. The minimum absolute atomic E-state index is 0.0783. The second-order valence-electron chi connectivity index (χ2n) is 22.4. The van der Waals surface area contributed by atoms with Crippen LogP contribution in [0, 0.1) is 39.4 Å². The number of benzene rings is 1. The number of nitrogens with one attached hydrogen (secondary N) is 1. The Morgan fingerprint density at radius 2 is 1.52 bits per heavy atom. The van der Waals surface area contributed by atoms with Gasteiger partial charge in [-0.05, 0) is 161 Å². The number of fused-ring (bicyclic) bond motifs is 5. The van der Waals surface area contributed by atoms with Crippen molar-refractivity contribution in [2.75, 3.05) is 52.6 Å². The maximum absolute atomic E-state index is 6.79. The van der Waals surface area contributed by atoms with Gasteiger partial charge in [-0.1, -0.05) is 83.0 Å². The Morgan fingerprint density at radius 1 is 0.862 bits per heavy atom. The third kappa shape index (κ3) is 13.8. The van der Waals surface area contributed by atoms with Gasteiger partial charge >= 0.3 is 0 Å². The normalized spacial score (nSPS) is 25.1. The van der Waals surface area contributed by atoms with Crippen LogP contribution in [0.4, 0.5) is 0 Å². The van der Waals surface area contributed by atoms with Gasteiger partial charge in [0, 0.05) is 38.0 Å². The van der Waals surface area contributed by atoms with E-state index in [1.165, 1.54) is 44.1 Å². The molecule has 0 saturated heterocycles. The molecule has 0 aromatic heterocycles. The topological polar surface area (TPSA) is 49.0 Å². The van der Waals surface area contributed by atoms with Gasteiger partial charge in [0.15, 0.2) is 0 Å². The van der Waals surface area contributed by atoms with E-state index in [4.69, 9.17) is 44.2 Å². The fourth-order valence-electron chi connectivity index (χ4n) is 11.6. The Kier molecular flexibility index (Phi) is 18.2. The van der Waals surface area contributed by atoms with Crippen LogP contribution in [0.1, 0.15) is 151 Å². The van der Waals surface area contributed by atoms with Crippen LogP contribution >= 0.6 is 58.6 Å². The van der Waals surface area contributed by atoms with Crippen LogP contribution in [0.5, 0.6) is 5.75 Å². The zero-order valence-electron chi connectivity index (χ0n) is 39.3. The summed E-state index contributed by atoms with van der Waals surface area (Å²) in [6.07, 6.45) is 11.1. The number of hydrogen-bond acceptors (Lipinski definition) is 10. The fraction of sp³-hybridized carbons (Fsp3) is 0.875. The highest BCUT2D eigenvalue weighted by Crippen LogP contribution is 2.62. The highest BCUT2D eigenvalue weighted by Gasteiger charge is 2.55. The third-order valence-electron chi connectivity index (χ3n) is 13.8. The zero-order chi connectivity index (χ0) is 43.4. The van der Waals surface area contributed by atoms with Gasteiger partial charge in [-0.15, -0.1) is 25.3 Å². The molecule has 4 rings (SSSR count). The van der Waals surface area contributed by atoms with Gasteiger partial charge in [-0.2, -0.15) is 11.8 Å². The SMILES string of the molecule is COCC(COC)SCC(C)(C)CC(C)(C)CSSC(S)(S)C(C)(C)CC(C)(C)NCC(C)CC(C)(C)Oc1ccc2c(c1)CCC1C2CCC2(C)C(OC)CCC12. The van der Waals surface area contributed by atoms with Gasteiger partial charge in [0.25, 0.3) is 0 Å². The van der Waals surface area contributed by atoms with Crippen molar-refractivity contribution < 1.29 is 18.9 Å². The summed E-state index contributed by atoms with van der Waals surface area (Å²) in [6, 6.07) is 7.06. The fourth-order valence-corrected chi connectivity index (χ4v) is 17.2. The molecule has 2 saturated carbocycles. The molecular formula is C48H85NO4S5. The van der Waals surface area contributed by atoms with Crippen molar-refractivity contribution in [3.05, 3.63) is 29.3 Å². The molecule has 58 heavy (non-hydrogen) atoms. The summed E-state index contributed by atoms with van der Waals surface area (Å²) in [6.45, 7) is 30.7. The molecule has 10 heteroatoms. The Labute approximate surface area is 380 Å². The summed E-state index contributed by atoms with van der Waals surface area (Å²) in [7, 11) is 9.21. The van der Waals surface area contributed by atoms with Crippen LogP contribution in [0.3, 0.4) is 0 Å². The highest BCUT2D eigenvalue weighted by molar-refractivity contribution is 8.80. The Morgan fingerprint density at radius 3 is 2.16 bits per heavy atom. The Hall–Kier alpha value is 0.610. The molecule has 1 N–H and O–H groups in total. The maximum Gasteiger partial charge on any atom is 0.120 e. The smallest absolute Gasteiger partial charge is 0.120 e. The molecule has 5 nitrogen and oxygen atoms in total. The molecule has 0 amide bonds. The van der Waals surface area contributed by atoms with Crippen LogP contribution in [0.25, 0.3) is 0 Å². The van der Waals surface area contributed by atoms with Crippen LogP contribution in [0.15, 0.2) is 18.2 Å².